The molecule has 8 heteroatoms. The summed E-state index contributed by atoms with van der Waals surface area (Å²) in [5.74, 6) is 2.36. The monoisotopic (exact) mass is 440 g/mol. The maximum absolute atomic E-state index is 5.47. The number of nitrogens with zero attached hydrogens (tertiary/aromatic N) is 3. The number of morpholine rings is 1. The molecule has 1 aromatic carbocycles. The molecule has 7 nitrogen and oxygen atoms in total. The third-order valence-corrected chi connectivity index (χ3v) is 5.77. The van der Waals surface area contributed by atoms with E-state index in [4.69, 9.17) is 14.2 Å². The number of rotatable bonds is 5. The number of ether oxygens (including phenoxy) is 3. The van der Waals surface area contributed by atoms with E-state index < -0.39 is 0 Å². The van der Waals surface area contributed by atoms with Crippen molar-refractivity contribution in [1.29, 1.82) is 0 Å². The molecule has 0 saturated carbocycles. The number of halogens is 1. The first kappa shape index (κ1) is 20.2. The molecule has 1 unspecified atom stereocenters. The molecule has 1 N–H and O–H groups in total. The molecule has 3 rings (SSSR count). The molecule has 2 saturated heterocycles. The van der Waals surface area contributed by atoms with Crippen molar-refractivity contribution in [2.24, 2.45) is 4.99 Å². The lowest BCUT2D eigenvalue weighted by molar-refractivity contribution is 0.0195. The second-order valence-electron chi connectivity index (χ2n) is 6.75. The van der Waals surface area contributed by atoms with Gasteiger partial charge in [-0.2, -0.15) is 0 Å². The minimum atomic E-state index is 0.586. The van der Waals surface area contributed by atoms with Gasteiger partial charge in [-0.15, -0.1) is 0 Å². The number of nitrogens with one attached hydrogen (secondary N) is 1. The van der Waals surface area contributed by atoms with Crippen molar-refractivity contribution in [3.8, 4) is 11.5 Å². The zero-order valence-electron chi connectivity index (χ0n) is 16.3. The Labute approximate surface area is 169 Å². The van der Waals surface area contributed by atoms with Gasteiger partial charge in [0.15, 0.2) is 17.5 Å². The fraction of sp³-hybridized carbons (Fsp3) is 0.632. The van der Waals surface area contributed by atoms with Crippen molar-refractivity contribution in [3.05, 3.63) is 22.2 Å². The lowest BCUT2D eigenvalue weighted by Crippen LogP contribution is -2.46. The zero-order valence-corrected chi connectivity index (χ0v) is 17.9. The summed E-state index contributed by atoms with van der Waals surface area (Å²) in [5, 5.41) is 3.48. The number of likely N-dealkylation sites (tertiary alicyclic amines) is 1. The topological polar surface area (TPSA) is 58.6 Å². The van der Waals surface area contributed by atoms with Crippen LogP contribution in [0.4, 0.5) is 0 Å². The Balaban J connectivity index is 1.59. The van der Waals surface area contributed by atoms with Crippen LogP contribution < -0.4 is 14.8 Å². The van der Waals surface area contributed by atoms with Crippen LogP contribution in [-0.2, 0) is 11.3 Å². The highest BCUT2D eigenvalue weighted by Crippen LogP contribution is 2.36. The van der Waals surface area contributed by atoms with Crippen LogP contribution in [0, 0.1) is 0 Å². The van der Waals surface area contributed by atoms with Crippen molar-refractivity contribution < 1.29 is 14.2 Å². The van der Waals surface area contributed by atoms with Gasteiger partial charge in [0.05, 0.1) is 31.9 Å². The van der Waals surface area contributed by atoms with Gasteiger partial charge in [0.25, 0.3) is 0 Å². The lowest BCUT2D eigenvalue weighted by atomic mass is 10.2. The summed E-state index contributed by atoms with van der Waals surface area (Å²) in [7, 11) is 5.13. The van der Waals surface area contributed by atoms with E-state index in [9.17, 15) is 0 Å². The van der Waals surface area contributed by atoms with Crippen LogP contribution in [0.15, 0.2) is 21.6 Å². The van der Waals surface area contributed by atoms with Crippen molar-refractivity contribution in [1.82, 2.24) is 15.1 Å². The smallest absolute Gasteiger partial charge is 0.193 e. The number of benzene rings is 1. The quantitative estimate of drug-likeness (QED) is 0.557. The van der Waals surface area contributed by atoms with Crippen molar-refractivity contribution in [2.45, 2.75) is 19.0 Å². The van der Waals surface area contributed by atoms with Crippen LogP contribution in [-0.4, -0.2) is 82.5 Å². The number of hydrogen-bond donors (Lipinski definition) is 1. The van der Waals surface area contributed by atoms with Crippen molar-refractivity contribution in [2.75, 3.05) is 60.7 Å². The van der Waals surface area contributed by atoms with Crippen LogP contribution in [0.3, 0.4) is 0 Å². The summed E-state index contributed by atoms with van der Waals surface area (Å²) in [6, 6.07) is 4.62. The zero-order chi connectivity index (χ0) is 19.2. The van der Waals surface area contributed by atoms with Gasteiger partial charge in [-0.1, -0.05) is 0 Å². The van der Waals surface area contributed by atoms with Crippen LogP contribution in [0.1, 0.15) is 12.0 Å². The molecule has 2 aliphatic rings. The molecule has 0 spiro atoms. The van der Waals surface area contributed by atoms with E-state index in [1.165, 1.54) is 6.42 Å². The van der Waals surface area contributed by atoms with Crippen LogP contribution in [0.25, 0.3) is 0 Å². The molecule has 0 aliphatic carbocycles. The highest BCUT2D eigenvalue weighted by Gasteiger charge is 2.30. The van der Waals surface area contributed by atoms with E-state index in [0.717, 1.165) is 55.4 Å². The molecule has 0 aromatic heterocycles. The van der Waals surface area contributed by atoms with Gasteiger partial charge in [-0.3, -0.25) is 9.89 Å². The average Bonchev–Trinajstić information content (AvgIpc) is 3.18. The summed E-state index contributed by atoms with van der Waals surface area (Å²) in [6.07, 6.45) is 1.17. The number of methoxy groups -OCH3 is 2. The van der Waals surface area contributed by atoms with E-state index in [-0.39, 0.29) is 0 Å². The fourth-order valence-electron chi connectivity index (χ4n) is 3.76. The van der Waals surface area contributed by atoms with E-state index in [0.29, 0.717) is 24.1 Å². The number of aliphatic imine (C=N–C) groups is 1. The van der Waals surface area contributed by atoms with E-state index >= 15 is 0 Å². The van der Waals surface area contributed by atoms with Crippen molar-refractivity contribution in [3.63, 3.8) is 0 Å². The van der Waals surface area contributed by atoms with Crippen LogP contribution >= 0.6 is 15.9 Å². The normalized spacial score (nSPS) is 21.4. The Morgan fingerprint density at radius 1 is 1.26 bits per heavy atom. The third kappa shape index (κ3) is 4.86. The first-order valence-electron chi connectivity index (χ1n) is 9.34. The first-order chi connectivity index (χ1) is 13.2. The SMILES string of the molecule is CN=C(NCc1cc(Br)c(OC)c(OC)c1)N1CCC(N2CCOCC2)C1. The predicted octanol–water partition coefficient (Wildman–Crippen LogP) is 1.95. The summed E-state index contributed by atoms with van der Waals surface area (Å²) in [5.41, 5.74) is 1.10. The molecule has 2 fully saturated rings. The standard InChI is InChI=1S/C19H29BrN4O3/c1-21-19(24-5-4-15(13-24)23-6-8-27-9-7-23)22-12-14-10-16(20)18(26-3)17(11-14)25-2/h10-11,15H,4-9,12-13H2,1-3H3,(H,21,22). The molecule has 0 radical (unpaired) electrons. The van der Waals surface area contributed by atoms with Crippen molar-refractivity contribution >= 4 is 21.9 Å². The van der Waals surface area contributed by atoms with Crippen LogP contribution in [0.5, 0.6) is 11.5 Å². The minimum Gasteiger partial charge on any atom is -0.493 e. The summed E-state index contributed by atoms with van der Waals surface area (Å²) in [6.45, 7) is 6.46. The minimum absolute atomic E-state index is 0.586. The van der Waals surface area contributed by atoms with E-state index in [2.05, 4.69) is 36.0 Å². The Morgan fingerprint density at radius 3 is 2.70 bits per heavy atom. The largest absolute Gasteiger partial charge is 0.493 e. The Kier molecular flexibility index (Phi) is 7.20. The lowest BCUT2D eigenvalue weighted by Gasteiger charge is -2.32. The molecule has 1 aromatic rings. The molecule has 0 bridgehead atoms. The fourth-order valence-corrected chi connectivity index (χ4v) is 4.41. The second-order valence-corrected chi connectivity index (χ2v) is 7.61. The average molecular weight is 441 g/mol. The van der Waals surface area contributed by atoms with Gasteiger partial charge in [-0.05, 0) is 40.0 Å². The van der Waals surface area contributed by atoms with E-state index in [1.54, 1.807) is 14.2 Å². The van der Waals surface area contributed by atoms with Gasteiger partial charge in [-0.25, -0.2) is 0 Å². The summed E-state index contributed by atoms with van der Waals surface area (Å²) >= 11 is 3.55. The highest BCUT2D eigenvalue weighted by atomic mass is 79.9. The maximum atomic E-state index is 5.47. The van der Waals surface area contributed by atoms with Gasteiger partial charge in [0.2, 0.25) is 0 Å². The predicted molar refractivity (Wildman–Crippen MR) is 110 cm³/mol. The summed E-state index contributed by atoms with van der Waals surface area (Å²) < 4.78 is 17.2. The number of hydrogen-bond acceptors (Lipinski definition) is 5. The van der Waals surface area contributed by atoms with Gasteiger partial charge in [0, 0.05) is 45.8 Å². The van der Waals surface area contributed by atoms with Gasteiger partial charge >= 0.3 is 0 Å². The first-order valence-corrected chi connectivity index (χ1v) is 10.1. The molecule has 27 heavy (non-hydrogen) atoms. The Morgan fingerprint density at radius 2 is 2.04 bits per heavy atom. The maximum Gasteiger partial charge on any atom is 0.193 e. The number of guanidine groups is 1. The van der Waals surface area contributed by atoms with Crippen LogP contribution in [0.2, 0.25) is 0 Å². The molecular weight excluding hydrogens is 412 g/mol. The molecule has 2 aliphatic heterocycles. The molecule has 150 valence electrons. The molecular formula is C19H29BrN4O3. The highest BCUT2D eigenvalue weighted by molar-refractivity contribution is 9.10. The second kappa shape index (κ2) is 9.61. The van der Waals surface area contributed by atoms with Gasteiger partial charge < -0.3 is 24.4 Å². The molecule has 2 heterocycles. The molecule has 1 atom stereocenters. The van der Waals surface area contributed by atoms with E-state index in [1.807, 2.05) is 19.2 Å². The molecule has 0 amide bonds. The Hall–Kier alpha value is -1.51. The Bertz CT molecular complexity index is 665. The third-order valence-electron chi connectivity index (χ3n) is 5.18. The summed E-state index contributed by atoms with van der Waals surface area (Å²) in [4.78, 5) is 9.37. The van der Waals surface area contributed by atoms with Gasteiger partial charge in [0.1, 0.15) is 0 Å².